The molecule has 1 heterocycles. The molecule has 12 heavy (non-hydrogen) atoms. The molecule has 0 aromatic carbocycles. The Kier molecular flexibility index (Phi) is 1.68. The van der Waals surface area contributed by atoms with Gasteiger partial charge in [0.2, 0.25) is 0 Å². The van der Waals surface area contributed by atoms with Gasteiger partial charge in [-0.05, 0) is 37.3 Å². The molecular formula is C10H12N2. The Morgan fingerprint density at radius 2 is 2.33 bits per heavy atom. The van der Waals surface area contributed by atoms with Gasteiger partial charge in [-0.3, -0.25) is 0 Å². The van der Waals surface area contributed by atoms with Crippen molar-refractivity contribution < 1.29 is 0 Å². The first-order valence-corrected chi connectivity index (χ1v) is 4.28. The van der Waals surface area contributed by atoms with Crippen molar-refractivity contribution in [3.8, 4) is 0 Å². The van der Waals surface area contributed by atoms with Crippen LogP contribution in [0.3, 0.4) is 0 Å². The molecule has 2 nitrogen and oxygen atoms in total. The number of aromatic nitrogens is 2. The fraction of sp³-hybridized carbons (Fsp3) is 0.400. The highest BCUT2D eigenvalue weighted by Crippen LogP contribution is 2.19. The first-order chi connectivity index (χ1) is 5.77. The van der Waals surface area contributed by atoms with Crippen molar-refractivity contribution in [1.82, 2.24) is 9.97 Å². The first kappa shape index (κ1) is 7.47. The average Bonchev–Trinajstić information content (AvgIpc) is 2.49. The highest BCUT2D eigenvalue weighted by molar-refractivity contribution is 5.54. The van der Waals surface area contributed by atoms with E-state index in [0.717, 1.165) is 24.2 Å². The summed E-state index contributed by atoms with van der Waals surface area (Å²) < 4.78 is 0. The summed E-state index contributed by atoms with van der Waals surface area (Å²) in [5.74, 6) is 0.802. The molecule has 0 radical (unpaired) electrons. The maximum Gasteiger partial charge on any atom is 0.154 e. The molecule has 0 atom stereocenters. The highest BCUT2D eigenvalue weighted by atomic mass is 14.9. The Hall–Kier alpha value is -1.18. The van der Waals surface area contributed by atoms with Gasteiger partial charge < -0.3 is 0 Å². The molecular weight excluding hydrogens is 148 g/mol. The molecule has 2 rings (SSSR count). The van der Waals surface area contributed by atoms with Gasteiger partial charge in [0.15, 0.2) is 5.82 Å². The van der Waals surface area contributed by atoms with Gasteiger partial charge >= 0.3 is 0 Å². The van der Waals surface area contributed by atoms with Crippen molar-refractivity contribution >= 4 is 5.57 Å². The van der Waals surface area contributed by atoms with Gasteiger partial charge in [0.05, 0.1) is 0 Å². The van der Waals surface area contributed by atoms with Crippen LogP contribution in [0, 0.1) is 0 Å². The zero-order chi connectivity index (χ0) is 8.55. The number of aryl methyl sites for hydroxylation is 2. The third-order valence-electron chi connectivity index (χ3n) is 2.20. The minimum Gasteiger partial charge on any atom is -0.237 e. The van der Waals surface area contributed by atoms with Crippen LogP contribution in [-0.4, -0.2) is 9.97 Å². The van der Waals surface area contributed by atoms with E-state index in [1.54, 1.807) is 0 Å². The molecule has 2 heteroatoms. The molecule has 0 unspecified atom stereocenters. The summed E-state index contributed by atoms with van der Waals surface area (Å²) in [6.07, 6.45) is 5.42. The SMILES string of the molecule is C=C(C)c1ncc2c(n1)CCC2. The molecule has 0 aliphatic heterocycles. The quantitative estimate of drug-likeness (QED) is 0.628. The van der Waals surface area contributed by atoms with Gasteiger partial charge in [-0.2, -0.15) is 0 Å². The highest BCUT2D eigenvalue weighted by Gasteiger charge is 2.13. The maximum atomic E-state index is 4.44. The van der Waals surface area contributed by atoms with Crippen molar-refractivity contribution in [3.63, 3.8) is 0 Å². The lowest BCUT2D eigenvalue weighted by Crippen LogP contribution is -1.96. The summed E-state index contributed by atoms with van der Waals surface area (Å²) in [5, 5.41) is 0. The van der Waals surface area contributed by atoms with Crippen LogP contribution in [-0.2, 0) is 12.8 Å². The van der Waals surface area contributed by atoms with Gasteiger partial charge in [0.25, 0.3) is 0 Å². The molecule has 1 aliphatic carbocycles. The number of rotatable bonds is 1. The van der Waals surface area contributed by atoms with Crippen molar-refractivity contribution in [2.45, 2.75) is 26.2 Å². The Labute approximate surface area is 72.4 Å². The second-order valence-electron chi connectivity index (χ2n) is 3.30. The average molecular weight is 160 g/mol. The van der Waals surface area contributed by atoms with Crippen molar-refractivity contribution in [3.05, 3.63) is 29.9 Å². The molecule has 1 aromatic heterocycles. The first-order valence-electron chi connectivity index (χ1n) is 4.28. The molecule has 0 saturated heterocycles. The summed E-state index contributed by atoms with van der Waals surface area (Å²) in [7, 11) is 0. The lowest BCUT2D eigenvalue weighted by Gasteiger charge is -2.00. The van der Waals surface area contributed by atoms with Crippen LogP contribution in [0.2, 0.25) is 0 Å². The van der Waals surface area contributed by atoms with E-state index in [1.807, 2.05) is 13.1 Å². The third kappa shape index (κ3) is 1.13. The molecule has 0 N–H and O–H groups in total. The lowest BCUT2D eigenvalue weighted by atomic mass is 10.2. The number of hydrogen-bond acceptors (Lipinski definition) is 2. The minimum absolute atomic E-state index is 0.802. The van der Waals surface area contributed by atoms with Crippen molar-refractivity contribution in [2.24, 2.45) is 0 Å². The van der Waals surface area contributed by atoms with Gasteiger partial charge in [-0.15, -0.1) is 0 Å². The monoisotopic (exact) mass is 160 g/mol. The normalized spacial score (nSPS) is 14.4. The summed E-state index contributed by atoms with van der Waals surface area (Å²) >= 11 is 0. The Balaban J connectivity index is 2.45. The zero-order valence-corrected chi connectivity index (χ0v) is 7.30. The fourth-order valence-corrected chi connectivity index (χ4v) is 1.52. The van der Waals surface area contributed by atoms with Crippen molar-refractivity contribution in [1.29, 1.82) is 0 Å². The smallest absolute Gasteiger partial charge is 0.154 e. The molecule has 0 spiro atoms. The van der Waals surface area contributed by atoms with Crippen LogP contribution in [0.1, 0.15) is 30.4 Å². The number of allylic oxidation sites excluding steroid dienone is 1. The van der Waals surface area contributed by atoms with Crippen LogP contribution in [0.5, 0.6) is 0 Å². The van der Waals surface area contributed by atoms with E-state index in [0.29, 0.717) is 0 Å². The van der Waals surface area contributed by atoms with E-state index >= 15 is 0 Å². The number of fused-ring (bicyclic) bond motifs is 1. The van der Waals surface area contributed by atoms with Crippen LogP contribution in [0.4, 0.5) is 0 Å². The third-order valence-corrected chi connectivity index (χ3v) is 2.20. The Bertz CT molecular complexity index is 329. The summed E-state index contributed by atoms with van der Waals surface area (Å²) in [5.41, 5.74) is 3.49. The molecule has 1 aromatic rings. The van der Waals surface area contributed by atoms with E-state index in [1.165, 1.54) is 17.7 Å². The molecule has 1 aliphatic rings. The number of hydrogen-bond donors (Lipinski definition) is 0. The molecule has 0 saturated carbocycles. The molecule has 0 amide bonds. The van der Waals surface area contributed by atoms with E-state index in [2.05, 4.69) is 16.5 Å². The van der Waals surface area contributed by atoms with Gasteiger partial charge in [0, 0.05) is 11.9 Å². The molecule has 0 bridgehead atoms. The minimum atomic E-state index is 0.802. The van der Waals surface area contributed by atoms with E-state index in [9.17, 15) is 0 Å². The van der Waals surface area contributed by atoms with Crippen molar-refractivity contribution in [2.75, 3.05) is 0 Å². The lowest BCUT2D eigenvalue weighted by molar-refractivity contribution is 0.898. The summed E-state index contributed by atoms with van der Waals surface area (Å²) in [6, 6.07) is 0. The maximum absolute atomic E-state index is 4.44. The summed E-state index contributed by atoms with van der Waals surface area (Å²) in [6.45, 7) is 5.77. The zero-order valence-electron chi connectivity index (χ0n) is 7.30. The molecule has 62 valence electrons. The van der Waals surface area contributed by atoms with E-state index in [4.69, 9.17) is 0 Å². The second kappa shape index (κ2) is 2.70. The fourth-order valence-electron chi connectivity index (χ4n) is 1.52. The van der Waals surface area contributed by atoms with Crippen LogP contribution < -0.4 is 0 Å². The van der Waals surface area contributed by atoms with E-state index < -0.39 is 0 Å². The standard InChI is InChI=1S/C10H12N2/c1-7(2)10-11-6-8-4-3-5-9(8)12-10/h6H,1,3-5H2,2H3. The number of nitrogens with zero attached hydrogens (tertiary/aromatic N) is 2. The predicted octanol–water partition coefficient (Wildman–Crippen LogP) is 2.00. The van der Waals surface area contributed by atoms with E-state index in [-0.39, 0.29) is 0 Å². The van der Waals surface area contributed by atoms with Crippen LogP contribution in [0.15, 0.2) is 12.8 Å². The molecule has 0 fully saturated rings. The Morgan fingerprint density at radius 3 is 3.08 bits per heavy atom. The van der Waals surface area contributed by atoms with Crippen LogP contribution in [0.25, 0.3) is 5.57 Å². The topological polar surface area (TPSA) is 25.8 Å². The van der Waals surface area contributed by atoms with Gasteiger partial charge in [-0.1, -0.05) is 6.58 Å². The van der Waals surface area contributed by atoms with Gasteiger partial charge in [-0.25, -0.2) is 9.97 Å². The predicted molar refractivity (Wildman–Crippen MR) is 48.8 cm³/mol. The van der Waals surface area contributed by atoms with Gasteiger partial charge in [0.1, 0.15) is 0 Å². The largest absolute Gasteiger partial charge is 0.237 e. The summed E-state index contributed by atoms with van der Waals surface area (Å²) in [4.78, 5) is 8.68. The second-order valence-corrected chi connectivity index (χ2v) is 3.30. The Morgan fingerprint density at radius 1 is 1.50 bits per heavy atom. The van der Waals surface area contributed by atoms with Crippen LogP contribution >= 0.6 is 0 Å².